The first-order chi connectivity index (χ1) is 14.2. The molecular weight excluding hydrogens is 356 g/mol. The van der Waals surface area contributed by atoms with Crippen molar-refractivity contribution in [3.05, 3.63) is 65.3 Å². The molecule has 1 heterocycles. The summed E-state index contributed by atoms with van der Waals surface area (Å²) in [5.41, 5.74) is 5.80. The number of aryl methyl sites for hydroxylation is 1. The summed E-state index contributed by atoms with van der Waals surface area (Å²) in [5.74, 6) is 0.279. The Labute approximate surface area is 175 Å². The fourth-order valence-electron chi connectivity index (χ4n) is 5.20. The van der Waals surface area contributed by atoms with Gasteiger partial charge in [0.1, 0.15) is 0 Å². The molecule has 1 aromatic rings. The van der Waals surface area contributed by atoms with Crippen LogP contribution in [0, 0.1) is 5.41 Å². The van der Waals surface area contributed by atoms with E-state index in [4.69, 9.17) is 0 Å². The Balaban J connectivity index is 1.26. The van der Waals surface area contributed by atoms with Gasteiger partial charge in [-0.1, -0.05) is 55.0 Å². The van der Waals surface area contributed by atoms with Crippen LogP contribution >= 0.6 is 0 Å². The molecule has 4 rings (SSSR count). The number of benzene rings is 1. The molecule has 0 spiro atoms. The smallest absolute Gasteiger partial charge is 0.226 e. The van der Waals surface area contributed by atoms with Crippen molar-refractivity contribution in [2.75, 3.05) is 24.5 Å². The number of amides is 1. The summed E-state index contributed by atoms with van der Waals surface area (Å²) >= 11 is 0. The van der Waals surface area contributed by atoms with E-state index in [1.807, 2.05) is 11.0 Å². The van der Waals surface area contributed by atoms with Crippen molar-refractivity contribution in [2.24, 2.45) is 5.41 Å². The molecule has 3 heteroatoms. The van der Waals surface area contributed by atoms with Gasteiger partial charge in [0.05, 0.1) is 0 Å². The van der Waals surface area contributed by atoms with Crippen LogP contribution in [0.4, 0.5) is 5.69 Å². The van der Waals surface area contributed by atoms with E-state index in [-0.39, 0.29) is 11.3 Å². The first-order valence-electron chi connectivity index (χ1n) is 11.4. The number of hydrogen-bond donors (Lipinski definition) is 1. The molecule has 0 fully saturated rings. The Kier molecular flexibility index (Phi) is 6.34. The monoisotopic (exact) mass is 390 g/mol. The van der Waals surface area contributed by atoms with Gasteiger partial charge in [0.15, 0.2) is 0 Å². The molecule has 0 bridgehead atoms. The second-order valence-corrected chi connectivity index (χ2v) is 8.60. The fraction of sp³-hybridized carbons (Fsp3) is 0.500. The minimum Gasteiger partial charge on any atom is -0.317 e. The van der Waals surface area contributed by atoms with Crippen molar-refractivity contribution in [3.8, 4) is 0 Å². The fourth-order valence-corrected chi connectivity index (χ4v) is 5.20. The van der Waals surface area contributed by atoms with Crippen molar-refractivity contribution in [2.45, 2.75) is 58.3 Å². The van der Waals surface area contributed by atoms with Crippen LogP contribution < -0.4 is 10.2 Å². The summed E-state index contributed by atoms with van der Waals surface area (Å²) < 4.78 is 0. The number of fused-ring (bicyclic) bond motifs is 1. The average molecular weight is 391 g/mol. The average Bonchev–Trinajstić information content (AvgIpc) is 3.04. The lowest BCUT2D eigenvalue weighted by atomic mass is 9.74. The van der Waals surface area contributed by atoms with Crippen molar-refractivity contribution in [3.63, 3.8) is 0 Å². The van der Waals surface area contributed by atoms with Crippen molar-refractivity contribution < 1.29 is 4.79 Å². The minimum atomic E-state index is 0.257. The lowest BCUT2D eigenvalue weighted by Gasteiger charge is -2.32. The van der Waals surface area contributed by atoms with Gasteiger partial charge >= 0.3 is 0 Å². The molecule has 0 aromatic heterocycles. The van der Waals surface area contributed by atoms with Gasteiger partial charge in [-0.25, -0.2) is 0 Å². The van der Waals surface area contributed by atoms with Gasteiger partial charge in [0, 0.05) is 24.1 Å². The van der Waals surface area contributed by atoms with Crippen LogP contribution in [0.15, 0.2) is 59.7 Å². The zero-order valence-corrected chi connectivity index (χ0v) is 17.8. The number of nitrogens with one attached hydrogen (secondary N) is 1. The molecule has 1 amide bonds. The second-order valence-electron chi connectivity index (χ2n) is 8.60. The molecule has 1 N–H and O–H groups in total. The van der Waals surface area contributed by atoms with Crippen LogP contribution in [0.3, 0.4) is 0 Å². The summed E-state index contributed by atoms with van der Waals surface area (Å²) in [6, 6.07) is 8.40. The third-order valence-corrected chi connectivity index (χ3v) is 6.92. The predicted molar refractivity (Wildman–Crippen MR) is 121 cm³/mol. The predicted octanol–water partition coefficient (Wildman–Crippen LogP) is 5.34. The van der Waals surface area contributed by atoms with E-state index in [1.54, 1.807) is 5.57 Å². The molecule has 1 unspecified atom stereocenters. The Bertz CT molecular complexity index is 835. The Hall–Kier alpha value is -2.13. The maximum atomic E-state index is 12.6. The highest BCUT2D eigenvalue weighted by molar-refractivity contribution is 5.94. The van der Waals surface area contributed by atoms with E-state index in [1.165, 1.54) is 30.4 Å². The highest BCUT2D eigenvalue weighted by Crippen LogP contribution is 2.47. The number of carbonyl (C=O) groups excluding carboxylic acids is 1. The highest BCUT2D eigenvalue weighted by atomic mass is 16.2. The van der Waals surface area contributed by atoms with Gasteiger partial charge in [0.2, 0.25) is 5.91 Å². The van der Waals surface area contributed by atoms with E-state index in [9.17, 15) is 4.79 Å². The van der Waals surface area contributed by atoms with Crippen LogP contribution in [-0.4, -0.2) is 25.5 Å². The molecule has 1 aromatic carbocycles. The minimum absolute atomic E-state index is 0.257. The molecule has 0 saturated carbocycles. The van der Waals surface area contributed by atoms with Gasteiger partial charge in [-0.15, -0.1) is 0 Å². The SMILES string of the molecule is CCC1(CCNCCCN2C(=O)CCCc3ccccc32)C=CC2=C1CCC=C2. The zero-order chi connectivity index (χ0) is 20.1. The van der Waals surface area contributed by atoms with Crippen LogP contribution in [0.2, 0.25) is 0 Å². The summed E-state index contributed by atoms with van der Waals surface area (Å²) in [6.45, 7) is 5.12. The molecule has 3 aliphatic rings. The van der Waals surface area contributed by atoms with E-state index in [0.29, 0.717) is 6.42 Å². The molecule has 154 valence electrons. The maximum absolute atomic E-state index is 12.6. The molecule has 0 radical (unpaired) electrons. The van der Waals surface area contributed by atoms with Crippen LogP contribution in [0.1, 0.15) is 57.4 Å². The van der Waals surface area contributed by atoms with Gasteiger partial charge in [-0.3, -0.25) is 4.79 Å². The van der Waals surface area contributed by atoms with Crippen molar-refractivity contribution in [1.82, 2.24) is 5.32 Å². The van der Waals surface area contributed by atoms with E-state index < -0.39 is 0 Å². The standard InChI is InChI=1S/C26H34N2O/c1-2-26(16-15-21-9-3-5-12-23(21)26)17-19-27-18-8-20-28-24-13-6-4-10-22(24)11-7-14-25(28)29/h3-4,6,9-10,13,15-16,27H,2,5,7-8,11-12,14,17-20H2,1H3. The number of hydrogen-bond acceptors (Lipinski definition) is 2. The van der Waals surface area contributed by atoms with Gasteiger partial charge in [-0.05, 0) is 75.2 Å². The normalized spacial score (nSPS) is 23.3. The third-order valence-electron chi connectivity index (χ3n) is 6.92. The highest BCUT2D eigenvalue weighted by Gasteiger charge is 2.34. The molecule has 0 saturated heterocycles. The number of allylic oxidation sites excluding steroid dienone is 6. The van der Waals surface area contributed by atoms with E-state index in [2.05, 4.69) is 54.7 Å². The number of nitrogens with zero attached hydrogens (tertiary/aromatic N) is 1. The molecule has 1 aliphatic heterocycles. The molecule has 1 atom stereocenters. The van der Waals surface area contributed by atoms with Crippen LogP contribution in [0.5, 0.6) is 0 Å². The van der Waals surface area contributed by atoms with Crippen molar-refractivity contribution in [1.29, 1.82) is 0 Å². The first-order valence-corrected chi connectivity index (χ1v) is 11.4. The number of anilines is 1. The lowest BCUT2D eigenvalue weighted by Crippen LogP contribution is -2.33. The molecule has 2 aliphatic carbocycles. The van der Waals surface area contributed by atoms with Crippen LogP contribution in [0.25, 0.3) is 0 Å². The quantitative estimate of drug-likeness (QED) is 0.608. The largest absolute Gasteiger partial charge is 0.317 e. The number of carbonyl (C=O) groups is 1. The van der Waals surface area contributed by atoms with Gasteiger partial charge in [0.25, 0.3) is 0 Å². The molecule has 3 nitrogen and oxygen atoms in total. The lowest BCUT2D eigenvalue weighted by molar-refractivity contribution is -0.118. The third kappa shape index (κ3) is 4.25. The summed E-state index contributed by atoms with van der Waals surface area (Å²) in [4.78, 5) is 14.6. The van der Waals surface area contributed by atoms with Crippen molar-refractivity contribution >= 4 is 11.6 Å². The molecule has 29 heavy (non-hydrogen) atoms. The summed E-state index contributed by atoms with van der Waals surface area (Å²) in [6.07, 6.45) is 17.7. The zero-order valence-electron chi connectivity index (χ0n) is 17.8. The summed E-state index contributed by atoms with van der Waals surface area (Å²) in [5, 5.41) is 3.65. The first kappa shape index (κ1) is 20.2. The summed E-state index contributed by atoms with van der Waals surface area (Å²) in [7, 11) is 0. The van der Waals surface area contributed by atoms with E-state index >= 15 is 0 Å². The molecular formula is C26H34N2O. The van der Waals surface area contributed by atoms with Gasteiger partial charge in [-0.2, -0.15) is 0 Å². The second kappa shape index (κ2) is 9.13. The topological polar surface area (TPSA) is 32.3 Å². The maximum Gasteiger partial charge on any atom is 0.226 e. The Morgan fingerprint density at radius 1 is 1.10 bits per heavy atom. The number of para-hydroxylation sites is 1. The van der Waals surface area contributed by atoms with E-state index in [0.717, 1.165) is 51.0 Å². The Morgan fingerprint density at radius 3 is 2.90 bits per heavy atom. The van der Waals surface area contributed by atoms with Crippen LogP contribution in [-0.2, 0) is 11.2 Å². The Morgan fingerprint density at radius 2 is 2.00 bits per heavy atom. The number of rotatable bonds is 8. The van der Waals surface area contributed by atoms with Gasteiger partial charge < -0.3 is 10.2 Å².